The molecule has 18 heavy (non-hydrogen) atoms. The fraction of sp³-hybridized carbons (Fsp3) is 0.625. The van der Waals surface area contributed by atoms with Crippen molar-refractivity contribution >= 4 is 17.7 Å². The van der Waals surface area contributed by atoms with Crippen LogP contribution < -0.4 is 0 Å². The summed E-state index contributed by atoms with van der Waals surface area (Å²) in [5.41, 5.74) is 6.44. The zero-order chi connectivity index (χ0) is 12.5. The van der Waals surface area contributed by atoms with Crippen molar-refractivity contribution in [1.29, 1.82) is 0 Å². The predicted molar refractivity (Wildman–Crippen MR) is 78.3 cm³/mol. The molecular weight excluding hydrogens is 242 g/mol. The van der Waals surface area contributed by atoms with Gasteiger partial charge in [-0.05, 0) is 61.6 Å². The lowest BCUT2D eigenvalue weighted by Gasteiger charge is -2.21. The van der Waals surface area contributed by atoms with Gasteiger partial charge < -0.3 is 4.57 Å². The maximum atomic E-state index is 5.88. The summed E-state index contributed by atoms with van der Waals surface area (Å²) in [5.74, 6) is 1.62. The fourth-order valence-corrected chi connectivity index (χ4v) is 3.65. The number of halogens is 1. The molecule has 1 nitrogen and oxygen atoms in total. The highest BCUT2D eigenvalue weighted by atomic mass is 35.5. The Bertz CT molecular complexity index is 470. The molecular formula is C16H22ClN. The van der Waals surface area contributed by atoms with E-state index in [0.29, 0.717) is 0 Å². The van der Waals surface area contributed by atoms with Gasteiger partial charge in [-0.25, -0.2) is 0 Å². The molecule has 0 fully saturated rings. The quantitative estimate of drug-likeness (QED) is 0.721. The average Bonchev–Trinajstić information content (AvgIpc) is 2.70. The van der Waals surface area contributed by atoms with E-state index in [1.807, 2.05) is 0 Å². The third-order valence-electron chi connectivity index (χ3n) is 4.42. The van der Waals surface area contributed by atoms with Crippen molar-refractivity contribution in [2.24, 2.45) is 5.92 Å². The molecule has 0 amide bonds. The third kappa shape index (κ3) is 2.03. The molecule has 2 heteroatoms. The largest absolute Gasteiger partial charge is 0.345 e. The Hall–Kier alpha value is -0.690. The van der Waals surface area contributed by atoms with Crippen LogP contribution in [0.15, 0.2) is 6.08 Å². The van der Waals surface area contributed by atoms with E-state index in [-0.39, 0.29) is 0 Å². The van der Waals surface area contributed by atoms with E-state index in [1.54, 1.807) is 16.8 Å². The highest BCUT2D eigenvalue weighted by Gasteiger charge is 2.26. The normalized spacial score (nSPS) is 21.8. The van der Waals surface area contributed by atoms with E-state index in [2.05, 4.69) is 23.6 Å². The van der Waals surface area contributed by atoms with Crippen LogP contribution in [0.4, 0.5) is 0 Å². The zero-order valence-corrected chi connectivity index (χ0v) is 12.0. The average molecular weight is 264 g/mol. The molecule has 0 N–H and O–H groups in total. The SMILES string of the molecule is CC1CCc2c(c3c(n2CCCCl)C=CCC3)C1. The molecule has 0 saturated heterocycles. The van der Waals surface area contributed by atoms with Gasteiger partial charge in [-0.3, -0.25) is 0 Å². The second-order valence-electron chi connectivity index (χ2n) is 5.77. The molecule has 0 aliphatic heterocycles. The molecule has 1 unspecified atom stereocenters. The molecule has 1 atom stereocenters. The number of aromatic nitrogens is 1. The van der Waals surface area contributed by atoms with Crippen LogP contribution in [0.5, 0.6) is 0 Å². The van der Waals surface area contributed by atoms with Crippen LogP contribution in [-0.2, 0) is 25.8 Å². The summed E-state index contributed by atoms with van der Waals surface area (Å²) < 4.78 is 2.56. The summed E-state index contributed by atoms with van der Waals surface area (Å²) in [7, 11) is 0. The molecule has 0 saturated carbocycles. The Morgan fingerprint density at radius 2 is 2.22 bits per heavy atom. The van der Waals surface area contributed by atoms with Crippen molar-refractivity contribution in [1.82, 2.24) is 4.57 Å². The van der Waals surface area contributed by atoms with E-state index < -0.39 is 0 Å². The van der Waals surface area contributed by atoms with Crippen molar-refractivity contribution < 1.29 is 0 Å². The Morgan fingerprint density at radius 1 is 1.33 bits per heavy atom. The van der Waals surface area contributed by atoms with Crippen LogP contribution in [0.25, 0.3) is 6.08 Å². The number of rotatable bonds is 3. The minimum Gasteiger partial charge on any atom is -0.345 e. The van der Waals surface area contributed by atoms with Crippen molar-refractivity contribution in [3.05, 3.63) is 28.6 Å². The highest BCUT2D eigenvalue weighted by molar-refractivity contribution is 6.17. The third-order valence-corrected chi connectivity index (χ3v) is 4.68. The van der Waals surface area contributed by atoms with Crippen LogP contribution in [0.3, 0.4) is 0 Å². The maximum absolute atomic E-state index is 5.88. The minimum atomic E-state index is 0.766. The van der Waals surface area contributed by atoms with Crippen LogP contribution in [0.1, 0.15) is 48.7 Å². The van der Waals surface area contributed by atoms with Gasteiger partial charge in [0.15, 0.2) is 0 Å². The number of allylic oxidation sites excluding steroid dienone is 1. The van der Waals surface area contributed by atoms with Crippen LogP contribution >= 0.6 is 11.6 Å². The first-order chi connectivity index (χ1) is 8.81. The molecule has 0 bridgehead atoms. The van der Waals surface area contributed by atoms with Gasteiger partial charge in [0.05, 0.1) is 0 Å². The number of fused-ring (bicyclic) bond motifs is 3. The minimum absolute atomic E-state index is 0.766. The topological polar surface area (TPSA) is 4.93 Å². The van der Waals surface area contributed by atoms with Gasteiger partial charge in [0.2, 0.25) is 0 Å². The lowest BCUT2D eigenvalue weighted by molar-refractivity contribution is 0.480. The molecule has 1 aromatic rings. The summed E-state index contributed by atoms with van der Waals surface area (Å²) in [4.78, 5) is 0. The van der Waals surface area contributed by atoms with Crippen molar-refractivity contribution in [3.63, 3.8) is 0 Å². The molecule has 0 radical (unpaired) electrons. The standard InChI is InChI=1S/C16H22ClN/c1-12-7-8-16-14(11-12)13-5-2-3-6-15(13)18(16)10-4-9-17/h3,6,12H,2,4-5,7-11H2,1H3. The second kappa shape index (κ2) is 5.13. The molecule has 2 aliphatic rings. The van der Waals surface area contributed by atoms with E-state index in [9.17, 15) is 0 Å². The number of nitrogens with zero attached hydrogens (tertiary/aromatic N) is 1. The predicted octanol–water partition coefficient (Wildman–Crippen LogP) is 4.20. The first-order valence-corrected chi connectivity index (χ1v) is 7.80. The van der Waals surface area contributed by atoms with Gasteiger partial charge in [-0.15, -0.1) is 11.6 Å². The van der Waals surface area contributed by atoms with Gasteiger partial charge in [-0.2, -0.15) is 0 Å². The van der Waals surface area contributed by atoms with Crippen molar-refractivity contribution in [2.45, 2.75) is 52.0 Å². The van der Waals surface area contributed by atoms with E-state index >= 15 is 0 Å². The summed E-state index contributed by atoms with van der Waals surface area (Å²) in [5, 5.41) is 0. The van der Waals surface area contributed by atoms with E-state index in [0.717, 1.165) is 24.8 Å². The molecule has 1 aromatic heterocycles. The summed E-state index contributed by atoms with van der Waals surface area (Å²) in [6, 6.07) is 0. The first kappa shape index (κ1) is 12.3. The van der Waals surface area contributed by atoms with Crippen molar-refractivity contribution in [2.75, 3.05) is 5.88 Å². The lowest BCUT2D eigenvalue weighted by Crippen LogP contribution is -2.14. The van der Waals surface area contributed by atoms with E-state index in [4.69, 9.17) is 11.6 Å². The molecule has 0 spiro atoms. The Kier molecular flexibility index (Phi) is 3.52. The highest BCUT2D eigenvalue weighted by Crippen LogP contribution is 2.35. The van der Waals surface area contributed by atoms with Crippen LogP contribution in [0.2, 0.25) is 0 Å². The molecule has 3 rings (SSSR count). The maximum Gasteiger partial charge on any atom is 0.0441 e. The smallest absolute Gasteiger partial charge is 0.0441 e. The number of hydrogen-bond acceptors (Lipinski definition) is 0. The van der Waals surface area contributed by atoms with Crippen LogP contribution in [0, 0.1) is 5.92 Å². The fourth-order valence-electron chi connectivity index (χ4n) is 3.53. The molecule has 1 heterocycles. The number of hydrogen-bond donors (Lipinski definition) is 0. The molecule has 98 valence electrons. The summed E-state index contributed by atoms with van der Waals surface area (Å²) in [6.45, 7) is 3.49. The molecule has 0 aromatic carbocycles. The van der Waals surface area contributed by atoms with Gasteiger partial charge in [0, 0.05) is 23.8 Å². The van der Waals surface area contributed by atoms with E-state index in [1.165, 1.54) is 37.8 Å². The van der Waals surface area contributed by atoms with Gasteiger partial charge >= 0.3 is 0 Å². The summed E-state index contributed by atoms with van der Waals surface area (Å²) in [6.07, 6.45) is 12.1. The first-order valence-electron chi connectivity index (χ1n) is 7.27. The monoisotopic (exact) mass is 263 g/mol. The Labute approximate surface area is 115 Å². The number of alkyl halides is 1. The Morgan fingerprint density at radius 3 is 3.06 bits per heavy atom. The second-order valence-corrected chi connectivity index (χ2v) is 6.15. The Balaban J connectivity index is 2.05. The van der Waals surface area contributed by atoms with Gasteiger partial charge in [-0.1, -0.05) is 13.0 Å². The summed E-state index contributed by atoms with van der Waals surface area (Å²) >= 11 is 5.88. The lowest BCUT2D eigenvalue weighted by atomic mass is 9.85. The van der Waals surface area contributed by atoms with Gasteiger partial charge in [0.25, 0.3) is 0 Å². The van der Waals surface area contributed by atoms with Crippen molar-refractivity contribution in [3.8, 4) is 0 Å². The molecule has 2 aliphatic carbocycles. The van der Waals surface area contributed by atoms with Gasteiger partial charge in [0.1, 0.15) is 0 Å². The zero-order valence-electron chi connectivity index (χ0n) is 11.2. The van der Waals surface area contributed by atoms with Crippen LogP contribution in [-0.4, -0.2) is 10.4 Å².